The molecule has 2 fully saturated rings. The van der Waals surface area contributed by atoms with E-state index in [0.29, 0.717) is 6.04 Å². The normalized spacial score (nSPS) is 33.8. The van der Waals surface area contributed by atoms with Gasteiger partial charge in [-0.05, 0) is 33.4 Å². The molecule has 0 aromatic carbocycles. The van der Waals surface area contributed by atoms with Gasteiger partial charge < -0.3 is 14.4 Å². The number of carbonyl (C=O) groups excluding carboxylic acids is 1. The van der Waals surface area contributed by atoms with Crippen LogP contribution in [0, 0.1) is 5.41 Å². The lowest BCUT2D eigenvalue weighted by Gasteiger charge is -2.36. The van der Waals surface area contributed by atoms with Crippen LogP contribution in [0.4, 0.5) is 0 Å². The Morgan fingerprint density at radius 3 is 2.59 bits per heavy atom. The van der Waals surface area contributed by atoms with Gasteiger partial charge in [0.05, 0.1) is 13.2 Å². The first kappa shape index (κ1) is 13.0. The summed E-state index contributed by atoms with van der Waals surface area (Å²) in [4.78, 5) is 16.1. The van der Waals surface area contributed by atoms with Crippen LogP contribution in [-0.4, -0.2) is 68.6 Å². The Kier molecular flexibility index (Phi) is 4.17. The zero-order chi connectivity index (χ0) is 12.3. The number of carbonyl (C=O) groups is 1. The number of morpholine rings is 1. The van der Waals surface area contributed by atoms with Gasteiger partial charge in [-0.1, -0.05) is 0 Å². The van der Waals surface area contributed by atoms with E-state index in [1.54, 1.807) is 0 Å². The van der Waals surface area contributed by atoms with Crippen LogP contribution in [0.25, 0.3) is 0 Å². The Morgan fingerprint density at radius 2 is 2.06 bits per heavy atom. The molecule has 17 heavy (non-hydrogen) atoms. The van der Waals surface area contributed by atoms with E-state index in [1.807, 2.05) is 0 Å². The maximum Gasteiger partial charge on any atom is 0.127 e. The van der Waals surface area contributed by atoms with Crippen LogP contribution in [0.5, 0.6) is 0 Å². The first-order valence-electron chi connectivity index (χ1n) is 6.62. The first-order valence-corrected chi connectivity index (χ1v) is 6.62. The summed E-state index contributed by atoms with van der Waals surface area (Å²) >= 11 is 0. The molecule has 4 nitrogen and oxygen atoms in total. The molecule has 0 radical (unpaired) electrons. The third kappa shape index (κ3) is 3.06. The van der Waals surface area contributed by atoms with E-state index >= 15 is 0 Å². The zero-order valence-corrected chi connectivity index (χ0v) is 11.0. The second kappa shape index (κ2) is 5.46. The van der Waals surface area contributed by atoms with Gasteiger partial charge in [0.25, 0.3) is 0 Å². The highest BCUT2D eigenvalue weighted by atomic mass is 16.5. The van der Waals surface area contributed by atoms with Crippen molar-refractivity contribution in [2.45, 2.75) is 25.8 Å². The van der Waals surface area contributed by atoms with Crippen molar-refractivity contribution >= 4 is 6.29 Å². The van der Waals surface area contributed by atoms with Crippen molar-refractivity contribution in [2.24, 2.45) is 5.41 Å². The van der Waals surface area contributed by atoms with E-state index in [2.05, 4.69) is 23.8 Å². The predicted octanol–water partition coefficient (Wildman–Crippen LogP) is 0.618. The summed E-state index contributed by atoms with van der Waals surface area (Å²) in [6.07, 6.45) is 3.20. The van der Waals surface area contributed by atoms with E-state index in [-0.39, 0.29) is 5.41 Å². The smallest absolute Gasteiger partial charge is 0.127 e. The van der Waals surface area contributed by atoms with Gasteiger partial charge in [0.15, 0.2) is 0 Å². The van der Waals surface area contributed by atoms with Crippen molar-refractivity contribution in [3.8, 4) is 0 Å². The van der Waals surface area contributed by atoms with Crippen LogP contribution in [0.2, 0.25) is 0 Å². The van der Waals surface area contributed by atoms with Crippen molar-refractivity contribution in [3.05, 3.63) is 0 Å². The van der Waals surface area contributed by atoms with Crippen LogP contribution >= 0.6 is 0 Å². The molecule has 2 saturated heterocycles. The van der Waals surface area contributed by atoms with Crippen LogP contribution in [-0.2, 0) is 9.53 Å². The van der Waals surface area contributed by atoms with Crippen LogP contribution in [0.1, 0.15) is 19.8 Å². The zero-order valence-electron chi connectivity index (χ0n) is 11.0. The van der Waals surface area contributed by atoms with Crippen molar-refractivity contribution < 1.29 is 9.53 Å². The molecule has 0 N–H and O–H groups in total. The first-order chi connectivity index (χ1) is 8.15. The fourth-order valence-corrected chi connectivity index (χ4v) is 3.16. The van der Waals surface area contributed by atoms with Gasteiger partial charge in [-0.3, -0.25) is 4.90 Å². The predicted molar refractivity (Wildman–Crippen MR) is 67.1 cm³/mol. The highest BCUT2D eigenvalue weighted by Gasteiger charge is 2.38. The maximum absolute atomic E-state index is 11.4. The molecule has 0 aromatic heterocycles. The third-order valence-corrected chi connectivity index (χ3v) is 4.20. The molecule has 0 spiro atoms. The van der Waals surface area contributed by atoms with Gasteiger partial charge in [0.2, 0.25) is 0 Å². The second-order valence-corrected chi connectivity index (χ2v) is 5.67. The Balaban J connectivity index is 1.91. The molecule has 0 aromatic rings. The van der Waals surface area contributed by atoms with Gasteiger partial charge in [-0.25, -0.2) is 0 Å². The summed E-state index contributed by atoms with van der Waals surface area (Å²) in [7, 11) is 2.10. The molecular weight excluding hydrogens is 216 g/mol. The summed E-state index contributed by atoms with van der Waals surface area (Å²) in [6, 6.07) is 0.482. The summed E-state index contributed by atoms with van der Waals surface area (Å²) in [6.45, 7) is 7.89. The number of hydrogen-bond donors (Lipinski definition) is 0. The molecule has 2 aliphatic rings. The van der Waals surface area contributed by atoms with Crippen LogP contribution < -0.4 is 0 Å². The monoisotopic (exact) mass is 240 g/mol. The Labute approximate surface area is 104 Å². The lowest BCUT2D eigenvalue weighted by atomic mass is 9.82. The number of rotatable bonds is 4. The highest BCUT2D eigenvalue weighted by Crippen LogP contribution is 2.33. The minimum absolute atomic E-state index is 0.105. The third-order valence-electron chi connectivity index (χ3n) is 4.20. The van der Waals surface area contributed by atoms with Crippen LogP contribution in [0.15, 0.2) is 0 Å². The fourth-order valence-electron chi connectivity index (χ4n) is 3.16. The van der Waals surface area contributed by atoms with E-state index in [9.17, 15) is 4.79 Å². The molecule has 2 heterocycles. The summed E-state index contributed by atoms with van der Waals surface area (Å²) < 4.78 is 5.37. The fraction of sp³-hybridized carbons (Fsp3) is 0.923. The average Bonchev–Trinajstić information content (AvgIpc) is 2.72. The van der Waals surface area contributed by atoms with Gasteiger partial charge in [0.1, 0.15) is 6.29 Å². The second-order valence-electron chi connectivity index (χ2n) is 5.67. The van der Waals surface area contributed by atoms with Crippen molar-refractivity contribution in [2.75, 3.05) is 46.4 Å². The standard InChI is InChI=1S/C13H24N2O2/c1-12(15-5-7-17-8-6-15)9-13(11-16)3-4-14(2)10-13/h11-12H,3-10H2,1-2H3. The van der Waals surface area contributed by atoms with Crippen molar-refractivity contribution in [1.82, 2.24) is 9.80 Å². The van der Waals surface area contributed by atoms with E-state index in [0.717, 1.165) is 52.2 Å². The Bertz CT molecular complexity index is 266. The Morgan fingerprint density at radius 1 is 1.35 bits per heavy atom. The molecule has 98 valence electrons. The molecule has 2 atom stereocenters. The molecule has 0 saturated carbocycles. The number of likely N-dealkylation sites (tertiary alicyclic amines) is 1. The average molecular weight is 240 g/mol. The number of nitrogens with zero attached hydrogens (tertiary/aromatic N) is 2. The molecule has 2 aliphatic heterocycles. The Hall–Kier alpha value is -0.450. The maximum atomic E-state index is 11.4. The number of hydrogen-bond acceptors (Lipinski definition) is 4. The molecule has 0 aliphatic carbocycles. The van der Waals surface area contributed by atoms with Gasteiger partial charge in [-0.2, -0.15) is 0 Å². The topological polar surface area (TPSA) is 32.8 Å². The quantitative estimate of drug-likeness (QED) is 0.674. The van der Waals surface area contributed by atoms with Crippen molar-refractivity contribution in [3.63, 3.8) is 0 Å². The van der Waals surface area contributed by atoms with Gasteiger partial charge >= 0.3 is 0 Å². The molecule has 0 amide bonds. The van der Waals surface area contributed by atoms with Crippen molar-refractivity contribution in [1.29, 1.82) is 0 Å². The molecule has 2 rings (SSSR count). The lowest BCUT2D eigenvalue weighted by Crippen LogP contribution is -2.45. The number of ether oxygens (including phenoxy) is 1. The SMILES string of the molecule is CC(CC1(C=O)CCN(C)C1)N1CCOCC1. The minimum atomic E-state index is -0.105. The molecule has 4 heteroatoms. The van der Waals surface area contributed by atoms with Crippen LogP contribution in [0.3, 0.4) is 0 Å². The summed E-state index contributed by atoms with van der Waals surface area (Å²) in [5.74, 6) is 0. The van der Waals surface area contributed by atoms with Gasteiger partial charge in [0, 0.05) is 31.1 Å². The van der Waals surface area contributed by atoms with Gasteiger partial charge in [-0.15, -0.1) is 0 Å². The van der Waals surface area contributed by atoms with E-state index in [1.165, 1.54) is 6.29 Å². The molecular formula is C13H24N2O2. The molecule has 2 unspecified atom stereocenters. The highest BCUT2D eigenvalue weighted by molar-refractivity contribution is 5.60. The summed E-state index contributed by atoms with van der Waals surface area (Å²) in [5.41, 5.74) is -0.105. The van der Waals surface area contributed by atoms with E-state index in [4.69, 9.17) is 4.74 Å². The molecule has 0 bridgehead atoms. The van der Waals surface area contributed by atoms with E-state index < -0.39 is 0 Å². The lowest BCUT2D eigenvalue weighted by molar-refractivity contribution is -0.117. The minimum Gasteiger partial charge on any atom is -0.379 e. The number of aldehydes is 1. The largest absolute Gasteiger partial charge is 0.379 e. The summed E-state index contributed by atoms with van der Waals surface area (Å²) in [5, 5.41) is 0.